The van der Waals surface area contributed by atoms with Crippen LogP contribution in [0.25, 0.3) is 10.8 Å². The zero-order chi connectivity index (χ0) is 17.8. The van der Waals surface area contributed by atoms with Gasteiger partial charge in [-0.3, -0.25) is 4.79 Å². The Kier molecular flexibility index (Phi) is 4.52. The quantitative estimate of drug-likeness (QED) is 0.579. The second-order valence-electron chi connectivity index (χ2n) is 5.52. The van der Waals surface area contributed by atoms with E-state index in [0.717, 1.165) is 5.39 Å². The molecule has 0 radical (unpaired) electrons. The van der Waals surface area contributed by atoms with E-state index in [1.165, 1.54) is 6.92 Å². The summed E-state index contributed by atoms with van der Waals surface area (Å²) in [6.45, 7) is 1.42. The standard InChI is InChI=1S/C19H17N3O3/c1-12(23)20-13-5-2-6-14(11-13)21-19(25)22-17-9-3-8-16-15(17)7-4-10-18(16)24/h2-11,24H,1H3,(H,20,23)(H2,21,22,25). The summed E-state index contributed by atoms with van der Waals surface area (Å²) in [5.74, 6) is -0.0262. The van der Waals surface area contributed by atoms with Gasteiger partial charge in [0.1, 0.15) is 5.75 Å². The zero-order valence-corrected chi connectivity index (χ0v) is 13.5. The highest BCUT2D eigenvalue weighted by atomic mass is 16.3. The molecule has 0 fully saturated rings. The summed E-state index contributed by atoms with van der Waals surface area (Å²) in [7, 11) is 0. The Hall–Kier alpha value is -3.54. The van der Waals surface area contributed by atoms with Gasteiger partial charge >= 0.3 is 6.03 Å². The van der Waals surface area contributed by atoms with Crippen molar-refractivity contribution in [3.63, 3.8) is 0 Å². The maximum absolute atomic E-state index is 12.3. The number of nitrogens with one attached hydrogen (secondary N) is 3. The van der Waals surface area contributed by atoms with Crippen molar-refractivity contribution in [1.29, 1.82) is 0 Å². The van der Waals surface area contributed by atoms with Gasteiger partial charge < -0.3 is 21.1 Å². The van der Waals surface area contributed by atoms with Gasteiger partial charge in [0.25, 0.3) is 0 Å². The second-order valence-corrected chi connectivity index (χ2v) is 5.52. The summed E-state index contributed by atoms with van der Waals surface area (Å²) in [6, 6.07) is 16.9. The molecule has 0 unspecified atom stereocenters. The summed E-state index contributed by atoms with van der Waals surface area (Å²) >= 11 is 0. The number of anilines is 3. The molecule has 0 saturated heterocycles. The first-order chi connectivity index (χ1) is 12.0. The Morgan fingerprint density at radius 3 is 2.20 bits per heavy atom. The van der Waals surface area contributed by atoms with Gasteiger partial charge in [-0.2, -0.15) is 0 Å². The molecule has 126 valence electrons. The maximum atomic E-state index is 12.3. The molecule has 3 amide bonds. The molecule has 0 bridgehead atoms. The third kappa shape index (κ3) is 3.87. The van der Waals surface area contributed by atoms with Gasteiger partial charge in [0.15, 0.2) is 0 Å². The van der Waals surface area contributed by atoms with Gasteiger partial charge in [-0.1, -0.05) is 30.3 Å². The Bertz CT molecular complexity index is 954. The summed E-state index contributed by atoms with van der Waals surface area (Å²) in [5, 5.41) is 19.5. The van der Waals surface area contributed by atoms with Crippen molar-refractivity contribution < 1.29 is 14.7 Å². The highest BCUT2D eigenvalue weighted by Crippen LogP contribution is 2.29. The highest BCUT2D eigenvalue weighted by Gasteiger charge is 2.08. The average molecular weight is 335 g/mol. The van der Waals surface area contributed by atoms with E-state index in [1.807, 2.05) is 6.07 Å². The van der Waals surface area contributed by atoms with Crippen LogP contribution in [0.3, 0.4) is 0 Å². The smallest absolute Gasteiger partial charge is 0.323 e. The number of rotatable bonds is 3. The first-order valence-electron chi connectivity index (χ1n) is 7.69. The molecule has 0 spiro atoms. The number of urea groups is 1. The second kappa shape index (κ2) is 6.92. The van der Waals surface area contributed by atoms with Crippen LogP contribution in [-0.2, 0) is 4.79 Å². The van der Waals surface area contributed by atoms with Gasteiger partial charge in [-0.15, -0.1) is 0 Å². The molecular formula is C19H17N3O3. The predicted molar refractivity (Wildman–Crippen MR) is 99.0 cm³/mol. The van der Waals surface area contributed by atoms with E-state index in [2.05, 4.69) is 16.0 Å². The summed E-state index contributed by atoms with van der Waals surface area (Å²) in [4.78, 5) is 23.4. The van der Waals surface area contributed by atoms with Crippen molar-refractivity contribution in [2.45, 2.75) is 6.92 Å². The molecular weight excluding hydrogens is 318 g/mol. The first kappa shape index (κ1) is 16.3. The fourth-order valence-electron chi connectivity index (χ4n) is 2.57. The van der Waals surface area contributed by atoms with Crippen LogP contribution < -0.4 is 16.0 Å². The van der Waals surface area contributed by atoms with Crippen LogP contribution >= 0.6 is 0 Å². The number of phenolic OH excluding ortho intramolecular Hbond substituents is 1. The highest BCUT2D eigenvalue weighted by molar-refractivity contribution is 6.07. The minimum absolute atomic E-state index is 0.157. The van der Waals surface area contributed by atoms with Gasteiger partial charge in [0.2, 0.25) is 5.91 Å². The van der Waals surface area contributed by atoms with Crippen molar-refractivity contribution in [3.05, 3.63) is 60.7 Å². The van der Waals surface area contributed by atoms with Crippen molar-refractivity contribution in [2.24, 2.45) is 0 Å². The van der Waals surface area contributed by atoms with Crippen LogP contribution in [0, 0.1) is 0 Å². The number of carbonyl (C=O) groups is 2. The lowest BCUT2D eigenvalue weighted by atomic mass is 10.1. The van der Waals surface area contributed by atoms with Crippen LogP contribution in [-0.4, -0.2) is 17.0 Å². The molecule has 0 aliphatic rings. The van der Waals surface area contributed by atoms with E-state index in [9.17, 15) is 14.7 Å². The third-order valence-electron chi connectivity index (χ3n) is 3.59. The summed E-state index contributed by atoms with van der Waals surface area (Å²) in [5.41, 5.74) is 1.73. The number of benzene rings is 3. The molecule has 0 aromatic heterocycles. The van der Waals surface area contributed by atoms with Gasteiger partial charge in [0, 0.05) is 29.1 Å². The first-order valence-corrected chi connectivity index (χ1v) is 7.69. The van der Waals surface area contributed by atoms with E-state index < -0.39 is 6.03 Å². The molecule has 0 saturated carbocycles. The minimum atomic E-state index is -0.421. The molecule has 6 nitrogen and oxygen atoms in total. The van der Waals surface area contributed by atoms with Crippen LogP contribution in [0.5, 0.6) is 5.75 Å². The third-order valence-corrected chi connectivity index (χ3v) is 3.59. The van der Waals surface area contributed by atoms with Gasteiger partial charge in [-0.05, 0) is 30.3 Å². The molecule has 6 heteroatoms. The number of fused-ring (bicyclic) bond motifs is 1. The van der Waals surface area contributed by atoms with Crippen molar-refractivity contribution >= 4 is 39.8 Å². The fourth-order valence-corrected chi connectivity index (χ4v) is 2.57. The monoisotopic (exact) mass is 335 g/mol. The van der Waals surface area contributed by atoms with E-state index in [-0.39, 0.29) is 11.7 Å². The lowest BCUT2D eigenvalue weighted by molar-refractivity contribution is -0.114. The van der Waals surface area contributed by atoms with Crippen LogP contribution in [0.1, 0.15) is 6.92 Å². The van der Waals surface area contributed by atoms with Crippen molar-refractivity contribution in [1.82, 2.24) is 0 Å². The SMILES string of the molecule is CC(=O)Nc1cccc(NC(=O)Nc2cccc3c(O)cccc23)c1. The van der Waals surface area contributed by atoms with Crippen molar-refractivity contribution in [2.75, 3.05) is 16.0 Å². The molecule has 0 aliphatic carbocycles. The molecule has 3 aromatic carbocycles. The fraction of sp³-hybridized carbons (Fsp3) is 0.0526. The van der Waals surface area contributed by atoms with Crippen LogP contribution in [0.2, 0.25) is 0 Å². The van der Waals surface area contributed by atoms with Crippen molar-refractivity contribution in [3.8, 4) is 5.75 Å². The van der Waals surface area contributed by atoms with E-state index in [1.54, 1.807) is 54.6 Å². The van der Waals surface area contributed by atoms with Crippen LogP contribution in [0.4, 0.5) is 21.9 Å². The van der Waals surface area contributed by atoms with E-state index in [4.69, 9.17) is 0 Å². The van der Waals surface area contributed by atoms with Crippen LogP contribution in [0.15, 0.2) is 60.7 Å². The average Bonchev–Trinajstić information content (AvgIpc) is 2.55. The lowest BCUT2D eigenvalue weighted by Gasteiger charge is -2.11. The summed E-state index contributed by atoms with van der Waals surface area (Å²) < 4.78 is 0. The van der Waals surface area contributed by atoms with Gasteiger partial charge in [-0.25, -0.2) is 4.79 Å². The number of amides is 3. The molecule has 25 heavy (non-hydrogen) atoms. The number of hydrogen-bond donors (Lipinski definition) is 4. The number of hydrogen-bond acceptors (Lipinski definition) is 3. The van der Waals surface area contributed by atoms with E-state index >= 15 is 0 Å². The molecule has 0 heterocycles. The molecule has 3 aromatic rings. The summed E-state index contributed by atoms with van der Waals surface area (Å²) in [6.07, 6.45) is 0. The largest absolute Gasteiger partial charge is 0.507 e. The normalized spacial score (nSPS) is 10.3. The number of aromatic hydroxyl groups is 1. The Balaban J connectivity index is 1.77. The molecule has 0 atom stereocenters. The minimum Gasteiger partial charge on any atom is -0.507 e. The topological polar surface area (TPSA) is 90.5 Å². The maximum Gasteiger partial charge on any atom is 0.323 e. The van der Waals surface area contributed by atoms with Gasteiger partial charge in [0.05, 0.1) is 5.69 Å². The zero-order valence-electron chi connectivity index (χ0n) is 13.5. The molecule has 4 N–H and O–H groups in total. The number of phenols is 1. The molecule has 3 rings (SSSR count). The Morgan fingerprint density at radius 2 is 1.44 bits per heavy atom. The lowest BCUT2D eigenvalue weighted by Crippen LogP contribution is -2.19. The number of carbonyl (C=O) groups excluding carboxylic acids is 2. The predicted octanol–water partition coefficient (Wildman–Crippen LogP) is 4.15. The molecule has 0 aliphatic heterocycles. The Labute approximate surface area is 144 Å². The Morgan fingerprint density at radius 1 is 0.800 bits per heavy atom. The van der Waals surface area contributed by atoms with E-state index in [0.29, 0.717) is 22.4 Å².